The average Bonchev–Trinajstić information content (AvgIpc) is 3.29. The molecule has 0 spiro atoms. The number of halogens is 3. The predicted octanol–water partition coefficient (Wildman–Crippen LogP) is 4.55. The molecule has 8 nitrogen and oxygen atoms in total. The zero-order chi connectivity index (χ0) is 26.5. The molecule has 0 aliphatic carbocycles. The van der Waals surface area contributed by atoms with Crippen molar-refractivity contribution in [3.8, 4) is 0 Å². The number of carbonyl (C=O) groups excluding carboxylic acids is 1. The molecular formula is C26H31ClF2N6O2. The van der Waals surface area contributed by atoms with Gasteiger partial charge in [-0.15, -0.1) is 0 Å². The summed E-state index contributed by atoms with van der Waals surface area (Å²) in [6, 6.07) is 4.80. The molecule has 1 saturated heterocycles. The Labute approximate surface area is 219 Å². The number of pyridine rings is 1. The van der Waals surface area contributed by atoms with Crippen molar-refractivity contribution in [2.24, 2.45) is 4.99 Å². The van der Waals surface area contributed by atoms with Gasteiger partial charge in [-0.1, -0.05) is 11.6 Å². The van der Waals surface area contributed by atoms with E-state index in [4.69, 9.17) is 21.3 Å². The zero-order valence-corrected chi connectivity index (χ0v) is 22.1. The number of benzene rings is 1. The lowest BCUT2D eigenvalue weighted by Crippen LogP contribution is -2.60. The van der Waals surface area contributed by atoms with E-state index in [1.54, 1.807) is 23.4 Å². The van der Waals surface area contributed by atoms with Crippen LogP contribution in [0.5, 0.6) is 0 Å². The second kappa shape index (κ2) is 9.49. The Morgan fingerprint density at radius 1 is 1.27 bits per heavy atom. The molecule has 2 aliphatic heterocycles. The molecule has 11 heteroatoms. The van der Waals surface area contributed by atoms with E-state index in [1.807, 2.05) is 44.7 Å². The van der Waals surface area contributed by atoms with Crippen molar-refractivity contribution in [1.82, 2.24) is 19.8 Å². The summed E-state index contributed by atoms with van der Waals surface area (Å²) in [4.78, 5) is 29.4. The number of fused-ring (bicyclic) bond motifs is 3. The van der Waals surface area contributed by atoms with Crippen LogP contribution in [0.1, 0.15) is 27.7 Å². The number of amidine groups is 1. The Kier molecular flexibility index (Phi) is 6.62. The smallest absolute Gasteiger partial charge is 0.255 e. The highest BCUT2D eigenvalue weighted by molar-refractivity contribution is 6.33. The Bertz CT molecular complexity index is 1370. The molecule has 0 bridgehead atoms. The van der Waals surface area contributed by atoms with Gasteiger partial charge < -0.3 is 19.9 Å². The van der Waals surface area contributed by atoms with Crippen molar-refractivity contribution in [3.63, 3.8) is 0 Å². The standard InChI is InChI=1S/C26H31ClF2N6O2/c1-25(2)13-35(10-21(28)29)22(33-25)11-34-14-26(3,4)37-12-20(34)24(36)32-18-8-15(27)7-17-16-5-6-30-9-19(16)31-23(17)18/h5-9,20-21,31H,10-14H2,1-4H3,(H,32,36). The van der Waals surface area contributed by atoms with Crippen LogP contribution in [0.15, 0.2) is 35.6 Å². The maximum atomic E-state index is 13.6. The monoisotopic (exact) mass is 532 g/mol. The van der Waals surface area contributed by atoms with Gasteiger partial charge in [-0.05, 0) is 45.9 Å². The maximum Gasteiger partial charge on any atom is 0.255 e. The number of rotatable bonds is 6. The number of aromatic amines is 1. The Morgan fingerprint density at radius 2 is 2.05 bits per heavy atom. The molecule has 1 unspecified atom stereocenters. The first-order chi connectivity index (χ1) is 17.4. The molecule has 2 N–H and O–H groups in total. The number of H-pyrrole nitrogens is 1. The fourth-order valence-corrected chi connectivity index (χ4v) is 5.48. The van der Waals surface area contributed by atoms with Crippen LogP contribution in [-0.4, -0.2) is 87.9 Å². The molecule has 198 valence electrons. The van der Waals surface area contributed by atoms with Crippen LogP contribution in [0, 0.1) is 0 Å². The van der Waals surface area contributed by atoms with Gasteiger partial charge in [0.1, 0.15) is 11.9 Å². The molecule has 2 aliphatic rings. The number of carbonyl (C=O) groups is 1. The molecule has 4 heterocycles. The molecule has 3 aromatic rings. The Balaban J connectivity index is 1.43. The van der Waals surface area contributed by atoms with E-state index >= 15 is 0 Å². The SMILES string of the molecule is CC1(C)CN(CC(F)F)C(CN2CC(C)(C)OCC2C(=O)Nc2cc(Cl)cc3c2[nH]c2cnccc23)=N1. The lowest BCUT2D eigenvalue weighted by Gasteiger charge is -2.43. The number of nitrogens with one attached hydrogen (secondary N) is 2. The Hall–Kier alpha value is -2.82. The molecular weight excluding hydrogens is 502 g/mol. The van der Waals surface area contributed by atoms with Crippen molar-refractivity contribution >= 4 is 50.8 Å². The van der Waals surface area contributed by atoms with Crippen LogP contribution in [0.3, 0.4) is 0 Å². The average molecular weight is 533 g/mol. The topological polar surface area (TPSA) is 85.9 Å². The number of ether oxygens (including phenoxy) is 1. The molecule has 5 rings (SSSR count). The number of anilines is 1. The zero-order valence-electron chi connectivity index (χ0n) is 21.3. The first kappa shape index (κ1) is 25.8. The van der Waals surface area contributed by atoms with Gasteiger partial charge in [0.25, 0.3) is 6.43 Å². The fraction of sp³-hybridized carbons (Fsp3) is 0.500. The molecule has 1 fully saturated rings. The third-order valence-corrected chi connectivity index (χ3v) is 6.99. The van der Waals surface area contributed by atoms with Gasteiger partial charge in [-0.3, -0.25) is 19.7 Å². The van der Waals surface area contributed by atoms with Gasteiger partial charge in [0, 0.05) is 35.1 Å². The summed E-state index contributed by atoms with van der Waals surface area (Å²) >= 11 is 6.42. The lowest BCUT2D eigenvalue weighted by atomic mass is 10.0. The number of amides is 1. The third-order valence-electron chi connectivity index (χ3n) is 6.77. The largest absolute Gasteiger partial charge is 0.372 e. The summed E-state index contributed by atoms with van der Waals surface area (Å²) in [7, 11) is 0. The number of hydrogen-bond acceptors (Lipinski definition) is 6. The van der Waals surface area contributed by atoms with Crippen molar-refractivity contribution < 1.29 is 18.3 Å². The number of hydrogen-bond donors (Lipinski definition) is 2. The highest BCUT2D eigenvalue weighted by atomic mass is 35.5. The third kappa shape index (κ3) is 5.42. The van der Waals surface area contributed by atoms with Crippen molar-refractivity contribution in [3.05, 3.63) is 35.6 Å². The second-order valence-corrected chi connectivity index (χ2v) is 11.5. The second-order valence-electron chi connectivity index (χ2n) is 11.0. The Morgan fingerprint density at radius 3 is 2.81 bits per heavy atom. The number of aliphatic imine (C=N–C) groups is 1. The number of nitrogens with zero attached hydrogens (tertiary/aromatic N) is 4. The van der Waals surface area contributed by atoms with Crippen LogP contribution < -0.4 is 5.32 Å². The first-order valence-corrected chi connectivity index (χ1v) is 12.6. The molecule has 1 atom stereocenters. The van der Waals surface area contributed by atoms with Crippen molar-refractivity contribution in [2.45, 2.75) is 51.3 Å². The molecule has 0 radical (unpaired) electrons. The van der Waals surface area contributed by atoms with E-state index in [2.05, 4.69) is 15.3 Å². The van der Waals surface area contributed by atoms with Gasteiger partial charge in [0.05, 0.1) is 53.8 Å². The fourth-order valence-electron chi connectivity index (χ4n) is 5.26. The quantitative estimate of drug-likeness (QED) is 0.486. The van der Waals surface area contributed by atoms with Gasteiger partial charge in [-0.2, -0.15) is 0 Å². The number of aromatic nitrogens is 2. The van der Waals surface area contributed by atoms with E-state index in [-0.39, 0.29) is 25.6 Å². The van der Waals surface area contributed by atoms with Crippen LogP contribution in [-0.2, 0) is 9.53 Å². The minimum Gasteiger partial charge on any atom is -0.372 e. The summed E-state index contributed by atoms with van der Waals surface area (Å²) in [5, 5.41) is 5.35. The minimum absolute atomic E-state index is 0.157. The first-order valence-electron chi connectivity index (χ1n) is 12.3. The van der Waals surface area contributed by atoms with E-state index in [0.29, 0.717) is 29.6 Å². The van der Waals surface area contributed by atoms with Gasteiger partial charge in [-0.25, -0.2) is 8.78 Å². The van der Waals surface area contributed by atoms with Gasteiger partial charge in [0.15, 0.2) is 0 Å². The van der Waals surface area contributed by atoms with E-state index in [0.717, 1.165) is 21.8 Å². The normalized spacial score (nSPS) is 21.7. The van der Waals surface area contributed by atoms with E-state index in [1.165, 1.54) is 0 Å². The highest BCUT2D eigenvalue weighted by Crippen LogP contribution is 2.34. The highest BCUT2D eigenvalue weighted by Gasteiger charge is 2.41. The van der Waals surface area contributed by atoms with Crippen molar-refractivity contribution in [1.29, 1.82) is 0 Å². The van der Waals surface area contributed by atoms with Gasteiger partial charge in [0.2, 0.25) is 5.91 Å². The van der Waals surface area contributed by atoms with E-state index < -0.39 is 23.6 Å². The van der Waals surface area contributed by atoms with E-state index in [9.17, 15) is 13.6 Å². The molecule has 1 amide bonds. The van der Waals surface area contributed by atoms with Crippen LogP contribution in [0.25, 0.3) is 21.8 Å². The van der Waals surface area contributed by atoms with Crippen LogP contribution in [0.2, 0.25) is 5.02 Å². The lowest BCUT2D eigenvalue weighted by molar-refractivity contribution is -0.141. The summed E-state index contributed by atoms with van der Waals surface area (Å²) in [5.74, 6) is 0.295. The predicted molar refractivity (Wildman–Crippen MR) is 142 cm³/mol. The summed E-state index contributed by atoms with van der Waals surface area (Å²) < 4.78 is 32.6. The molecule has 2 aromatic heterocycles. The number of alkyl halides is 2. The molecule has 0 saturated carbocycles. The van der Waals surface area contributed by atoms with Crippen LogP contribution in [0.4, 0.5) is 14.5 Å². The molecule has 37 heavy (non-hydrogen) atoms. The van der Waals surface area contributed by atoms with Crippen LogP contribution >= 0.6 is 11.6 Å². The summed E-state index contributed by atoms with van der Waals surface area (Å²) in [5.41, 5.74) is 1.15. The number of morpholine rings is 1. The summed E-state index contributed by atoms with van der Waals surface area (Å²) in [6.07, 6.45) is 0.955. The minimum atomic E-state index is -2.48. The van der Waals surface area contributed by atoms with Crippen molar-refractivity contribution in [2.75, 3.05) is 38.1 Å². The van der Waals surface area contributed by atoms with Gasteiger partial charge >= 0.3 is 0 Å². The molecule has 1 aromatic carbocycles. The summed E-state index contributed by atoms with van der Waals surface area (Å²) in [6.45, 7) is 8.63. The maximum absolute atomic E-state index is 13.6.